The number of likely N-dealkylation sites (tertiary alicyclic amines) is 1. The quantitative estimate of drug-likeness (QED) is 0.504. The normalized spacial score (nSPS) is 25.0. The lowest BCUT2D eigenvalue weighted by atomic mass is 9.79. The van der Waals surface area contributed by atoms with E-state index in [2.05, 4.69) is 33.1 Å². The molecule has 0 radical (unpaired) electrons. The van der Waals surface area contributed by atoms with E-state index in [1.165, 1.54) is 17.2 Å². The Hall–Kier alpha value is -2.76. The predicted molar refractivity (Wildman–Crippen MR) is 141 cm³/mol. The van der Waals surface area contributed by atoms with Gasteiger partial charge in [0.05, 0.1) is 30.1 Å². The molecule has 2 aromatic heterocycles. The van der Waals surface area contributed by atoms with Gasteiger partial charge in [-0.25, -0.2) is 13.1 Å². The van der Waals surface area contributed by atoms with Crippen LogP contribution in [0.5, 0.6) is 0 Å². The van der Waals surface area contributed by atoms with Crippen LogP contribution < -0.4 is 4.72 Å². The van der Waals surface area contributed by atoms with Crippen LogP contribution in [0.1, 0.15) is 54.1 Å². The van der Waals surface area contributed by atoms with Gasteiger partial charge < -0.3 is 9.64 Å². The molecular weight excluding hydrogens is 492 g/mol. The Bertz CT molecular complexity index is 1360. The lowest BCUT2D eigenvalue weighted by Gasteiger charge is -2.39. The number of benzene rings is 1. The van der Waals surface area contributed by atoms with Crippen molar-refractivity contribution in [3.05, 3.63) is 47.9 Å². The van der Waals surface area contributed by atoms with E-state index in [1.54, 1.807) is 28.9 Å². The molecule has 10 nitrogen and oxygen atoms in total. The Kier molecular flexibility index (Phi) is 7.37. The van der Waals surface area contributed by atoms with Gasteiger partial charge >= 0.3 is 0 Å². The number of fused-ring (bicyclic) bond motifs is 1. The van der Waals surface area contributed by atoms with Crippen molar-refractivity contribution in [3.8, 4) is 0 Å². The van der Waals surface area contributed by atoms with Gasteiger partial charge in [-0.05, 0) is 67.7 Å². The summed E-state index contributed by atoms with van der Waals surface area (Å²) in [5.74, 6) is 0.791. The van der Waals surface area contributed by atoms with Gasteiger partial charge in [0.15, 0.2) is 0 Å². The predicted octanol–water partition coefficient (Wildman–Crippen LogP) is 2.43. The molecule has 1 amide bonds. The largest absolute Gasteiger partial charge is 0.374 e. The molecule has 3 heterocycles. The number of carbonyl (C=O) groups is 1. The van der Waals surface area contributed by atoms with Crippen molar-refractivity contribution in [2.75, 3.05) is 26.0 Å². The number of sulfonamides is 1. The first-order valence-electron chi connectivity index (χ1n) is 13.0. The molecule has 1 aliphatic heterocycles. The number of hydrogen-bond acceptors (Lipinski definition) is 6. The maximum Gasteiger partial charge on any atom is 0.274 e. The molecule has 2 atom stereocenters. The van der Waals surface area contributed by atoms with Gasteiger partial charge in [-0.1, -0.05) is 6.07 Å². The number of piperidine rings is 1. The topological polar surface area (TPSA) is 111 Å². The molecule has 3 aromatic rings. The van der Waals surface area contributed by atoms with Crippen molar-refractivity contribution in [1.82, 2.24) is 29.2 Å². The highest BCUT2D eigenvalue weighted by Gasteiger charge is 2.35. The van der Waals surface area contributed by atoms with Crippen LogP contribution in [-0.2, 0) is 28.9 Å². The standard InChI is InChI=1S/C26H36N6O4S/c1-30-12-10-23(28-30)26(33)32-13-11-22(29-37(3,34)35)25(16-32)36-17-18-4-6-19(7-5-18)20-8-9-24-21(14-20)15-27-31(24)2/h8-10,12,14-15,18-19,22,25,29H,4-7,11,13,16-17H2,1-3H3/t18?,19?,22-,25+/m0/s1. The summed E-state index contributed by atoms with van der Waals surface area (Å²) in [6.07, 6.45) is 9.24. The van der Waals surface area contributed by atoms with Crippen LogP contribution in [0.15, 0.2) is 36.7 Å². The second-order valence-corrected chi connectivity index (χ2v) is 12.4. The molecule has 2 aliphatic rings. The summed E-state index contributed by atoms with van der Waals surface area (Å²) in [5, 5.41) is 9.76. The molecule has 5 rings (SSSR count). The molecule has 0 bridgehead atoms. The van der Waals surface area contributed by atoms with Crippen LogP contribution in [-0.4, -0.2) is 76.9 Å². The molecule has 37 heavy (non-hydrogen) atoms. The fourth-order valence-electron chi connectivity index (χ4n) is 5.73. The van der Waals surface area contributed by atoms with Crippen molar-refractivity contribution in [2.24, 2.45) is 20.0 Å². The molecule has 1 saturated carbocycles. The summed E-state index contributed by atoms with van der Waals surface area (Å²) < 4.78 is 36.5. The van der Waals surface area contributed by atoms with E-state index in [9.17, 15) is 13.2 Å². The summed E-state index contributed by atoms with van der Waals surface area (Å²) >= 11 is 0. The number of hydrogen-bond donors (Lipinski definition) is 1. The van der Waals surface area contributed by atoms with E-state index in [4.69, 9.17) is 4.74 Å². The molecule has 0 unspecified atom stereocenters. The zero-order chi connectivity index (χ0) is 26.2. The van der Waals surface area contributed by atoms with Crippen LogP contribution in [0.4, 0.5) is 0 Å². The number of rotatable bonds is 7. The fraction of sp³-hybridized carbons (Fsp3) is 0.577. The summed E-state index contributed by atoms with van der Waals surface area (Å²) in [4.78, 5) is 14.7. The average molecular weight is 529 g/mol. The number of carbonyl (C=O) groups excluding carboxylic acids is 1. The van der Waals surface area contributed by atoms with Crippen molar-refractivity contribution < 1.29 is 17.9 Å². The number of amides is 1. The highest BCUT2D eigenvalue weighted by molar-refractivity contribution is 7.88. The first-order chi connectivity index (χ1) is 17.7. The van der Waals surface area contributed by atoms with Gasteiger partial charge in [0, 0.05) is 45.4 Å². The minimum Gasteiger partial charge on any atom is -0.374 e. The molecule has 2 fully saturated rings. The number of aromatic nitrogens is 4. The molecule has 1 aromatic carbocycles. The van der Waals surface area contributed by atoms with Gasteiger partial charge in [0.1, 0.15) is 5.69 Å². The van der Waals surface area contributed by atoms with E-state index >= 15 is 0 Å². The average Bonchev–Trinajstić information content (AvgIpc) is 3.47. The van der Waals surface area contributed by atoms with Crippen molar-refractivity contribution >= 4 is 26.8 Å². The van der Waals surface area contributed by atoms with Crippen LogP contribution >= 0.6 is 0 Å². The maximum atomic E-state index is 13.0. The van der Waals surface area contributed by atoms with Crippen molar-refractivity contribution in [2.45, 2.75) is 50.2 Å². The van der Waals surface area contributed by atoms with Crippen LogP contribution in [0.3, 0.4) is 0 Å². The number of nitrogens with zero attached hydrogens (tertiary/aromatic N) is 5. The molecule has 0 spiro atoms. The summed E-state index contributed by atoms with van der Waals surface area (Å²) in [6.45, 7) is 1.35. The summed E-state index contributed by atoms with van der Waals surface area (Å²) in [7, 11) is 0.343. The minimum absolute atomic E-state index is 0.155. The van der Waals surface area contributed by atoms with Gasteiger partial charge in [0.2, 0.25) is 10.0 Å². The zero-order valence-corrected chi connectivity index (χ0v) is 22.5. The maximum absolute atomic E-state index is 13.0. The molecule has 1 N–H and O–H groups in total. The number of ether oxygens (including phenoxy) is 1. The molecule has 1 saturated heterocycles. The van der Waals surface area contributed by atoms with Crippen molar-refractivity contribution in [3.63, 3.8) is 0 Å². The third kappa shape index (κ3) is 6.05. The molecule has 200 valence electrons. The Labute approximate surface area is 218 Å². The first kappa shape index (κ1) is 25.9. The Balaban J connectivity index is 1.19. The number of nitrogens with one attached hydrogen (secondary N) is 1. The van der Waals surface area contributed by atoms with Gasteiger partial charge in [0.25, 0.3) is 5.91 Å². The van der Waals surface area contributed by atoms with E-state index in [0.29, 0.717) is 43.6 Å². The van der Waals surface area contributed by atoms with E-state index in [0.717, 1.165) is 31.2 Å². The second kappa shape index (κ2) is 10.5. The summed E-state index contributed by atoms with van der Waals surface area (Å²) in [5.41, 5.74) is 2.90. The van der Waals surface area contributed by atoms with Crippen molar-refractivity contribution in [1.29, 1.82) is 0 Å². The lowest BCUT2D eigenvalue weighted by molar-refractivity contribution is -0.0312. The smallest absolute Gasteiger partial charge is 0.274 e. The third-order valence-corrected chi connectivity index (χ3v) is 8.51. The third-order valence-electron chi connectivity index (χ3n) is 7.78. The SMILES string of the molecule is Cn1ccc(C(=O)N2CC[C@H](NS(C)(=O)=O)[C@H](OCC3CCC(c4ccc5c(cnn5C)c4)CC3)C2)n1. The fourth-order valence-corrected chi connectivity index (χ4v) is 6.55. The molecular formula is C26H36N6O4S. The van der Waals surface area contributed by atoms with Gasteiger partial charge in [-0.2, -0.15) is 10.2 Å². The Morgan fingerprint density at radius 1 is 1.14 bits per heavy atom. The van der Waals surface area contributed by atoms with Crippen LogP contribution in [0.25, 0.3) is 10.9 Å². The minimum atomic E-state index is -3.39. The first-order valence-corrected chi connectivity index (χ1v) is 14.8. The molecule has 11 heteroatoms. The summed E-state index contributed by atoms with van der Waals surface area (Å²) in [6, 6.07) is 7.99. The van der Waals surface area contributed by atoms with Gasteiger partial charge in [-0.15, -0.1) is 0 Å². The lowest BCUT2D eigenvalue weighted by Crippen LogP contribution is -2.56. The zero-order valence-electron chi connectivity index (χ0n) is 21.7. The second-order valence-electron chi connectivity index (χ2n) is 10.6. The van der Waals surface area contributed by atoms with E-state index < -0.39 is 16.1 Å². The monoisotopic (exact) mass is 528 g/mol. The van der Waals surface area contributed by atoms with Gasteiger partial charge in [-0.3, -0.25) is 14.2 Å². The van der Waals surface area contributed by atoms with Crippen LogP contribution in [0.2, 0.25) is 0 Å². The van der Waals surface area contributed by atoms with E-state index in [-0.39, 0.29) is 11.9 Å². The Morgan fingerprint density at radius 2 is 1.92 bits per heavy atom. The van der Waals surface area contributed by atoms with E-state index in [1.807, 2.05) is 17.9 Å². The highest BCUT2D eigenvalue weighted by Crippen LogP contribution is 2.37. The number of aryl methyl sites for hydroxylation is 2. The highest BCUT2D eigenvalue weighted by atomic mass is 32.2. The Morgan fingerprint density at radius 3 is 2.62 bits per heavy atom. The molecule has 1 aliphatic carbocycles. The van der Waals surface area contributed by atoms with Crippen LogP contribution in [0, 0.1) is 5.92 Å².